The highest BCUT2D eigenvalue weighted by Gasteiger charge is 2.52. The second-order valence-corrected chi connectivity index (χ2v) is 11.7. The molecule has 1 heterocycles. The maximum atomic E-state index is 13.0. The van der Waals surface area contributed by atoms with Gasteiger partial charge in [0.2, 0.25) is 5.91 Å². The zero-order valence-corrected chi connectivity index (χ0v) is 19.9. The maximum Gasteiger partial charge on any atom is 0.325 e. The zero-order valence-electron chi connectivity index (χ0n) is 19.9. The molecule has 182 valence electrons. The van der Waals surface area contributed by atoms with Gasteiger partial charge in [-0.3, -0.25) is 14.5 Å². The molecule has 3 N–H and O–H groups in total. The first-order valence-electron chi connectivity index (χ1n) is 13.2. The fraction of sp³-hybridized carbons (Fsp3) is 0.667. The third-order valence-corrected chi connectivity index (χ3v) is 9.15. The second-order valence-electron chi connectivity index (χ2n) is 11.7. The quantitative estimate of drug-likeness (QED) is 0.535. The number of amides is 4. The molecular weight excluding hydrogens is 428 g/mol. The summed E-state index contributed by atoms with van der Waals surface area (Å²) in [7, 11) is 0. The minimum atomic E-state index is -0.736. The van der Waals surface area contributed by atoms with Gasteiger partial charge >= 0.3 is 6.03 Å². The number of imide groups is 1. The Hall–Kier alpha value is -2.57. The molecule has 0 radical (unpaired) electrons. The Balaban J connectivity index is 1.09. The predicted octanol–water partition coefficient (Wildman–Crippen LogP) is 4.65. The summed E-state index contributed by atoms with van der Waals surface area (Å²) in [5.74, 6) is 2.20. The summed E-state index contributed by atoms with van der Waals surface area (Å²) < 4.78 is 0. The van der Waals surface area contributed by atoms with Crippen molar-refractivity contribution in [2.45, 2.75) is 88.1 Å². The number of para-hydroxylation sites is 2. The first-order chi connectivity index (χ1) is 16.4. The number of carbonyl (C=O) groups is 3. The van der Waals surface area contributed by atoms with E-state index in [4.69, 9.17) is 0 Å². The molecule has 1 aliphatic heterocycles. The van der Waals surface area contributed by atoms with Crippen LogP contribution >= 0.6 is 0 Å². The van der Waals surface area contributed by atoms with Gasteiger partial charge in [-0.05, 0) is 81.3 Å². The maximum absolute atomic E-state index is 13.0. The van der Waals surface area contributed by atoms with Crippen LogP contribution in [0.25, 0.3) is 0 Å². The van der Waals surface area contributed by atoms with Gasteiger partial charge in [0.25, 0.3) is 5.91 Å². The lowest BCUT2D eigenvalue weighted by atomic mass is 9.53. The van der Waals surface area contributed by atoms with Crippen LogP contribution < -0.4 is 16.0 Å². The number of hydrogen-bond acceptors (Lipinski definition) is 4. The van der Waals surface area contributed by atoms with Crippen molar-refractivity contribution in [2.75, 3.05) is 17.2 Å². The Morgan fingerprint density at radius 1 is 0.941 bits per heavy atom. The lowest BCUT2D eigenvalue weighted by Crippen LogP contribution is -2.54. The molecule has 0 atom stereocenters. The van der Waals surface area contributed by atoms with Crippen LogP contribution in [0, 0.1) is 17.8 Å². The zero-order chi connectivity index (χ0) is 23.3. The number of nitrogens with one attached hydrogen (secondary N) is 3. The van der Waals surface area contributed by atoms with Gasteiger partial charge in [-0.2, -0.15) is 0 Å². The number of carbonyl (C=O) groups excluding carboxylic acids is 3. The lowest BCUT2D eigenvalue weighted by molar-refractivity contribution is -0.132. The van der Waals surface area contributed by atoms with E-state index in [1.54, 1.807) is 0 Å². The largest absolute Gasteiger partial charge is 0.378 e. The van der Waals surface area contributed by atoms with Gasteiger partial charge in [0.05, 0.1) is 11.4 Å². The van der Waals surface area contributed by atoms with Crippen LogP contribution in [-0.2, 0) is 9.59 Å². The summed E-state index contributed by atoms with van der Waals surface area (Å²) in [4.78, 5) is 39.6. The predicted molar refractivity (Wildman–Crippen MR) is 130 cm³/mol. The van der Waals surface area contributed by atoms with Gasteiger partial charge in [-0.15, -0.1) is 0 Å². The van der Waals surface area contributed by atoms with E-state index in [2.05, 4.69) is 22.0 Å². The molecule has 6 aliphatic rings. The minimum absolute atomic E-state index is 0.0982. The van der Waals surface area contributed by atoms with Crippen LogP contribution in [0.3, 0.4) is 0 Å². The molecule has 5 aliphatic carbocycles. The van der Waals surface area contributed by atoms with Crippen molar-refractivity contribution >= 4 is 29.2 Å². The van der Waals surface area contributed by atoms with Crippen molar-refractivity contribution in [1.29, 1.82) is 0 Å². The highest BCUT2D eigenvalue weighted by Crippen LogP contribution is 2.56. The molecule has 4 bridgehead atoms. The van der Waals surface area contributed by atoms with Crippen LogP contribution in [0.2, 0.25) is 0 Å². The summed E-state index contributed by atoms with van der Waals surface area (Å²) in [6, 6.07) is 7.58. The highest BCUT2D eigenvalue weighted by atomic mass is 16.2. The summed E-state index contributed by atoms with van der Waals surface area (Å²) >= 11 is 0. The molecule has 0 unspecified atom stereocenters. The van der Waals surface area contributed by atoms with Crippen molar-refractivity contribution in [3.8, 4) is 0 Å². The van der Waals surface area contributed by atoms with Gasteiger partial charge in [0.1, 0.15) is 5.54 Å². The monoisotopic (exact) mass is 464 g/mol. The molecule has 7 heteroatoms. The first-order valence-corrected chi connectivity index (χ1v) is 13.2. The Morgan fingerprint density at radius 2 is 1.56 bits per heavy atom. The molecule has 7 rings (SSSR count). The molecule has 5 saturated carbocycles. The summed E-state index contributed by atoms with van der Waals surface area (Å²) in [6.45, 7) is 0.114. The number of benzene rings is 1. The fourth-order valence-electron chi connectivity index (χ4n) is 8.05. The average molecular weight is 465 g/mol. The molecule has 1 saturated heterocycles. The van der Waals surface area contributed by atoms with Crippen LogP contribution in [0.4, 0.5) is 16.2 Å². The Morgan fingerprint density at radius 3 is 2.21 bits per heavy atom. The fourth-order valence-corrected chi connectivity index (χ4v) is 8.05. The van der Waals surface area contributed by atoms with Gasteiger partial charge in [0.15, 0.2) is 0 Å². The van der Waals surface area contributed by atoms with Gasteiger partial charge in [-0.1, -0.05) is 31.4 Å². The van der Waals surface area contributed by atoms with E-state index in [1.807, 2.05) is 18.2 Å². The summed E-state index contributed by atoms with van der Waals surface area (Å²) in [5, 5.41) is 9.83. The van der Waals surface area contributed by atoms with E-state index in [0.29, 0.717) is 12.8 Å². The first kappa shape index (κ1) is 21.9. The number of rotatable bonds is 6. The molecule has 1 spiro atoms. The molecule has 1 aromatic rings. The average Bonchev–Trinajstić information content (AvgIpc) is 3.01. The highest BCUT2D eigenvalue weighted by molar-refractivity contribution is 6.07. The second kappa shape index (κ2) is 8.28. The Bertz CT molecular complexity index is 964. The molecule has 7 nitrogen and oxygen atoms in total. The van der Waals surface area contributed by atoms with Crippen molar-refractivity contribution in [1.82, 2.24) is 10.2 Å². The summed E-state index contributed by atoms with van der Waals surface area (Å²) in [6.07, 6.45) is 12.4. The molecule has 0 aromatic heterocycles. The normalized spacial score (nSPS) is 33.3. The Kier molecular flexibility index (Phi) is 5.34. The van der Waals surface area contributed by atoms with E-state index >= 15 is 0 Å². The lowest BCUT2D eigenvalue weighted by Gasteiger charge is -2.57. The van der Waals surface area contributed by atoms with Gasteiger partial charge < -0.3 is 16.0 Å². The van der Waals surface area contributed by atoms with E-state index in [-0.39, 0.29) is 36.3 Å². The van der Waals surface area contributed by atoms with Crippen LogP contribution in [0.1, 0.15) is 77.0 Å². The minimum Gasteiger partial charge on any atom is -0.378 e. The Labute approximate surface area is 201 Å². The van der Waals surface area contributed by atoms with E-state index < -0.39 is 5.54 Å². The van der Waals surface area contributed by atoms with E-state index in [9.17, 15) is 14.4 Å². The van der Waals surface area contributed by atoms with Crippen LogP contribution in [0.15, 0.2) is 24.3 Å². The number of hydrogen-bond donors (Lipinski definition) is 3. The van der Waals surface area contributed by atoms with E-state index in [1.165, 1.54) is 43.4 Å². The van der Waals surface area contributed by atoms with Crippen molar-refractivity contribution in [3.05, 3.63) is 24.3 Å². The third kappa shape index (κ3) is 3.87. The molecular formula is C27H36N4O3. The number of urea groups is 1. The van der Waals surface area contributed by atoms with Crippen molar-refractivity contribution < 1.29 is 14.4 Å². The van der Waals surface area contributed by atoms with Crippen molar-refractivity contribution in [3.63, 3.8) is 0 Å². The van der Waals surface area contributed by atoms with Crippen LogP contribution in [0.5, 0.6) is 0 Å². The molecule has 6 fully saturated rings. The van der Waals surface area contributed by atoms with Gasteiger partial charge in [0, 0.05) is 18.5 Å². The third-order valence-electron chi connectivity index (χ3n) is 9.15. The van der Waals surface area contributed by atoms with E-state index in [0.717, 1.165) is 48.4 Å². The number of nitrogens with zero attached hydrogens (tertiary/aromatic N) is 1. The summed E-state index contributed by atoms with van der Waals surface area (Å²) in [5.41, 5.74) is 1.18. The van der Waals surface area contributed by atoms with Crippen LogP contribution in [-0.4, -0.2) is 40.4 Å². The van der Waals surface area contributed by atoms with Gasteiger partial charge in [-0.25, -0.2) is 4.79 Å². The molecule has 1 aromatic carbocycles. The SMILES string of the molecule is O=C(CCN1C(=O)NC2(CCCCC2)C1=O)Nc1ccccc1NC12CC3CC(CC(C3)C1)C2. The standard InChI is InChI=1S/C27H36N4O3/c32-23(8-11-31-24(33)27(30-25(31)34)9-4-1-5-10-27)28-21-6-2-3-7-22(21)29-26-15-18-12-19(16-26)14-20(13-18)17-26/h2-3,6-7,18-20,29H,1,4-5,8-17H2,(H,28,32)(H,30,34). The molecule has 34 heavy (non-hydrogen) atoms. The topological polar surface area (TPSA) is 90.5 Å². The van der Waals surface area contributed by atoms with Crippen molar-refractivity contribution in [2.24, 2.45) is 17.8 Å². The number of anilines is 2. The smallest absolute Gasteiger partial charge is 0.325 e. The molecule has 4 amide bonds.